The molecule has 0 bridgehead atoms. The fraction of sp³-hybridized carbons (Fsp3) is 0.105. The maximum Gasteiger partial charge on any atom is 0.337 e. The summed E-state index contributed by atoms with van der Waals surface area (Å²) < 4.78 is 4.64. The summed E-state index contributed by atoms with van der Waals surface area (Å²) in [4.78, 5) is 37.5. The third kappa shape index (κ3) is 3.94. The average molecular weight is 368 g/mol. The molecule has 0 spiro atoms. The molecule has 132 valence electrons. The number of ether oxygens (including phenoxy) is 1. The van der Waals surface area contributed by atoms with E-state index in [1.54, 1.807) is 30.3 Å². The number of rotatable bonds is 5. The van der Waals surface area contributed by atoms with Crippen molar-refractivity contribution in [2.24, 2.45) is 0 Å². The van der Waals surface area contributed by atoms with Crippen molar-refractivity contribution in [1.29, 1.82) is 0 Å². The summed E-state index contributed by atoms with van der Waals surface area (Å²) in [6.45, 7) is 0.0500. The Labute approximate surface area is 154 Å². The summed E-state index contributed by atoms with van der Waals surface area (Å²) in [7, 11) is 1.32. The van der Waals surface area contributed by atoms with Gasteiger partial charge in [0.25, 0.3) is 11.1 Å². The smallest absolute Gasteiger partial charge is 0.337 e. The standard InChI is InChI=1S/C19H16N2O4S/c1-25-18(23)14-7-9-15(10-8-14)20-12-21-17(22)16(26-19(21)24)11-13-5-3-2-4-6-13/h2-11,20H,12H2,1H3. The molecule has 2 amide bonds. The van der Waals surface area contributed by atoms with E-state index in [0.717, 1.165) is 22.2 Å². The van der Waals surface area contributed by atoms with E-state index in [4.69, 9.17) is 0 Å². The number of carbonyl (C=O) groups excluding carboxylic acids is 3. The molecule has 1 heterocycles. The van der Waals surface area contributed by atoms with Crippen molar-refractivity contribution >= 4 is 40.6 Å². The van der Waals surface area contributed by atoms with Crippen LogP contribution in [0.25, 0.3) is 6.08 Å². The highest BCUT2D eigenvalue weighted by Crippen LogP contribution is 2.32. The quantitative estimate of drug-likeness (QED) is 0.642. The van der Waals surface area contributed by atoms with E-state index in [1.165, 1.54) is 7.11 Å². The molecule has 3 rings (SSSR count). The van der Waals surface area contributed by atoms with Gasteiger partial charge in [-0.05, 0) is 47.7 Å². The van der Waals surface area contributed by atoms with Crippen LogP contribution in [0.5, 0.6) is 0 Å². The summed E-state index contributed by atoms with van der Waals surface area (Å²) >= 11 is 0.918. The number of nitrogens with one attached hydrogen (secondary N) is 1. The SMILES string of the molecule is COC(=O)c1ccc(NCN2C(=O)SC(=Cc3ccccc3)C2=O)cc1. The van der Waals surface area contributed by atoms with Gasteiger partial charge in [0.05, 0.1) is 24.2 Å². The average Bonchev–Trinajstić information content (AvgIpc) is 2.93. The number of carbonyl (C=O) groups is 3. The van der Waals surface area contributed by atoms with Gasteiger partial charge in [-0.25, -0.2) is 4.79 Å². The fourth-order valence-electron chi connectivity index (χ4n) is 2.35. The minimum atomic E-state index is -0.423. The predicted octanol–water partition coefficient (Wildman–Crippen LogP) is 3.58. The largest absolute Gasteiger partial charge is 0.465 e. The number of thioether (sulfide) groups is 1. The predicted molar refractivity (Wildman–Crippen MR) is 101 cm³/mol. The molecule has 1 N–H and O–H groups in total. The zero-order chi connectivity index (χ0) is 18.5. The number of benzene rings is 2. The minimum Gasteiger partial charge on any atom is -0.465 e. The number of amides is 2. The third-order valence-corrected chi connectivity index (χ3v) is 4.63. The van der Waals surface area contributed by atoms with Crippen molar-refractivity contribution in [2.45, 2.75) is 0 Å². The monoisotopic (exact) mass is 368 g/mol. The number of anilines is 1. The Balaban J connectivity index is 1.65. The van der Waals surface area contributed by atoms with Crippen molar-refractivity contribution in [2.75, 3.05) is 19.1 Å². The molecule has 1 saturated heterocycles. The molecule has 26 heavy (non-hydrogen) atoms. The highest BCUT2D eigenvalue weighted by molar-refractivity contribution is 8.18. The summed E-state index contributed by atoms with van der Waals surface area (Å²) in [5.74, 6) is -0.754. The third-order valence-electron chi connectivity index (χ3n) is 3.72. The van der Waals surface area contributed by atoms with E-state index in [-0.39, 0.29) is 17.8 Å². The number of methoxy groups -OCH3 is 1. The van der Waals surface area contributed by atoms with Crippen LogP contribution in [-0.4, -0.2) is 35.8 Å². The Morgan fingerprint density at radius 2 is 1.81 bits per heavy atom. The maximum atomic E-state index is 12.4. The number of hydrogen-bond donors (Lipinski definition) is 1. The van der Waals surface area contributed by atoms with Gasteiger partial charge in [0.2, 0.25) is 0 Å². The van der Waals surface area contributed by atoms with Crippen molar-refractivity contribution in [3.05, 3.63) is 70.6 Å². The second-order valence-corrected chi connectivity index (χ2v) is 6.42. The zero-order valence-corrected chi connectivity index (χ0v) is 14.8. The van der Waals surface area contributed by atoms with Crippen LogP contribution < -0.4 is 5.32 Å². The molecule has 0 radical (unpaired) electrons. The minimum absolute atomic E-state index is 0.0500. The highest BCUT2D eigenvalue weighted by atomic mass is 32.2. The number of esters is 1. The van der Waals surface area contributed by atoms with Crippen LogP contribution in [0, 0.1) is 0 Å². The van der Waals surface area contributed by atoms with E-state index >= 15 is 0 Å². The van der Waals surface area contributed by atoms with Gasteiger partial charge in [0.15, 0.2) is 0 Å². The van der Waals surface area contributed by atoms with E-state index < -0.39 is 5.97 Å². The van der Waals surface area contributed by atoms with Crippen LogP contribution in [0.2, 0.25) is 0 Å². The molecular formula is C19H16N2O4S. The zero-order valence-electron chi connectivity index (χ0n) is 14.0. The van der Waals surface area contributed by atoms with Crippen LogP contribution in [0.1, 0.15) is 15.9 Å². The lowest BCUT2D eigenvalue weighted by molar-refractivity contribution is -0.122. The molecule has 0 saturated carbocycles. The van der Waals surface area contributed by atoms with Crippen molar-refractivity contribution in [1.82, 2.24) is 4.90 Å². The molecule has 1 fully saturated rings. The van der Waals surface area contributed by atoms with Crippen LogP contribution in [0.15, 0.2) is 59.5 Å². The number of imide groups is 1. The molecular weight excluding hydrogens is 352 g/mol. The summed E-state index contributed by atoms with van der Waals surface area (Å²) in [6.07, 6.45) is 1.70. The van der Waals surface area contributed by atoms with E-state index in [2.05, 4.69) is 10.1 Å². The molecule has 1 aliphatic rings. The number of hydrogen-bond acceptors (Lipinski definition) is 6. The van der Waals surface area contributed by atoms with Gasteiger partial charge in [-0.2, -0.15) is 0 Å². The fourth-order valence-corrected chi connectivity index (χ4v) is 3.19. The Morgan fingerprint density at radius 3 is 2.46 bits per heavy atom. The van der Waals surface area contributed by atoms with Gasteiger partial charge in [-0.1, -0.05) is 30.3 Å². The molecule has 7 heteroatoms. The lowest BCUT2D eigenvalue weighted by Gasteiger charge is -2.14. The first-order chi connectivity index (χ1) is 12.6. The second-order valence-electron chi connectivity index (χ2n) is 5.42. The van der Waals surface area contributed by atoms with E-state index in [1.807, 2.05) is 30.3 Å². The van der Waals surface area contributed by atoms with Gasteiger partial charge in [0, 0.05) is 5.69 Å². The van der Waals surface area contributed by atoms with E-state index in [0.29, 0.717) is 16.2 Å². The van der Waals surface area contributed by atoms with Crippen molar-refractivity contribution in [3.8, 4) is 0 Å². The van der Waals surface area contributed by atoms with Crippen molar-refractivity contribution < 1.29 is 19.1 Å². The summed E-state index contributed by atoms with van der Waals surface area (Å²) in [6, 6.07) is 16.0. The molecule has 2 aromatic carbocycles. The molecule has 2 aromatic rings. The molecule has 0 aliphatic carbocycles. The molecule has 0 aromatic heterocycles. The Bertz CT molecular complexity index is 863. The Kier molecular flexibility index (Phi) is 5.38. The summed E-state index contributed by atoms with van der Waals surface area (Å²) in [5.41, 5.74) is 1.98. The van der Waals surface area contributed by atoms with Crippen LogP contribution in [-0.2, 0) is 9.53 Å². The Morgan fingerprint density at radius 1 is 1.12 bits per heavy atom. The molecule has 0 atom stereocenters. The van der Waals surface area contributed by atoms with Gasteiger partial charge < -0.3 is 10.1 Å². The van der Waals surface area contributed by atoms with Crippen LogP contribution in [0.4, 0.5) is 10.5 Å². The first-order valence-corrected chi connectivity index (χ1v) is 8.63. The first kappa shape index (κ1) is 17.8. The van der Waals surface area contributed by atoms with Crippen LogP contribution >= 0.6 is 11.8 Å². The molecule has 1 aliphatic heterocycles. The van der Waals surface area contributed by atoms with Gasteiger partial charge >= 0.3 is 5.97 Å². The Hall–Kier alpha value is -3.06. The lowest BCUT2D eigenvalue weighted by atomic mass is 10.2. The van der Waals surface area contributed by atoms with Crippen molar-refractivity contribution in [3.63, 3.8) is 0 Å². The second kappa shape index (κ2) is 7.88. The number of nitrogens with zero attached hydrogens (tertiary/aromatic N) is 1. The summed E-state index contributed by atoms with van der Waals surface area (Å²) in [5, 5.41) is 2.68. The maximum absolute atomic E-state index is 12.4. The first-order valence-electron chi connectivity index (χ1n) is 7.81. The topological polar surface area (TPSA) is 75.7 Å². The normalized spacial score (nSPS) is 15.4. The lowest BCUT2D eigenvalue weighted by Crippen LogP contribution is -2.33. The molecule has 6 nitrogen and oxygen atoms in total. The highest BCUT2D eigenvalue weighted by Gasteiger charge is 2.34. The van der Waals surface area contributed by atoms with Gasteiger partial charge in [0.1, 0.15) is 0 Å². The van der Waals surface area contributed by atoms with Gasteiger partial charge in [-0.3, -0.25) is 14.5 Å². The van der Waals surface area contributed by atoms with Gasteiger partial charge in [-0.15, -0.1) is 0 Å². The van der Waals surface area contributed by atoms with E-state index in [9.17, 15) is 14.4 Å². The van der Waals surface area contributed by atoms with Crippen LogP contribution in [0.3, 0.4) is 0 Å². The molecule has 0 unspecified atom stereocenters.